The molecule has 0 amide bonds. The van der Waals surface area contributed by atoms with Crippen LogP contribution in [-0.4, -0.2) is 4.98 Å². The van der Waals surface area contributed by atoms with Crippen LogP contribution in [0, 0.1) is 0 Å². The zero-order valence-electron chi connectivity index (χ0n) is 10.9. The summed E-state index contributed by atoms with van der Waals surface area (Å²) < 4.78 is 0. The van der Waals surface area contributed by atoms with Crippen molar-refractivity contribution >= 4 is 0 Å². The first-order valence-electron chi connectivity index (χ1n) is 6.35. The Labute approximate surface area is 94.9 Å². The average molecular weight is 207 g/mol. The van der Waals surface area contributed by atoms with Gasteiger partial charge in [0.25, 0.3) is 0 Å². The van der Waals surface area contributed by atoms with Gasteiger partial charge in [-0.1, -0.05) is 34.6 Å². The summed E-state index contributed by atoms with van der Waals surface area (Å²) in [6, 6.07) is 4.40. The number of nitrogens with zero attached hydrogens (tertiary/aromatic N) is 1. The summed E-state index contributed by atoms with van der Waals surface area (Å²) in [6.45, 7) is 10.2. The maximum Gasteiger partial charge on any atom is 0.0403 e. The minimum atomic E-state index is 0.864. The maximum absolute atomic E-state index is 4.27. The molecule has 0 aromatic carbocycles. The average Bonchev–Trinajstić information content (AvgIpc) is 3.18. The van der Waals surface area contributed by atoms with Crippen molar-refractivity contribution in [3.8, 4) is 0 Å². The number of aromatic nitrogens is 1. The van der Waals surface area contributed by atoms with Crippen molar-refractivity contribution < 1.29 is 0 Å². The molecule has 0 bridgehead atoms. The molecule has 1 heterocycles. The Morgan fingerprint density at radius 2 is 1.80 bits per heavy atom. The summed E-state index contributed by atoms with van der Waals surface area (Å²) in [5.74, 6) is 0.864. The smallest absolute Gasteiger partial charge is 0.0403 e. The predicted octanol–water partition coefficient (Wildman–Crippen LogP) is 4.57. The molecular weight excluding hydrogens is 182 g/mol. The Kier molecular flexibility index (Phi) is 7.98. The van der Waals surface area contributed by atoms with Crippen LogP contribution in [-0.2, 0) is 6.42 Å². The van der Waals surface area contributed by atoms with Crippen LogP contribution in [0.15, 0.2) is 18.3 Å². The topological polar surface area (TPSA) is 12.9 Å². The lowest BCUT2D eigenvalue weighted by molar-refractivity contribution is 1.00. The van der Waals surface area contributed by atoms with Gasteiger partial charge in [-0.15, -0.1) is 0 Å². The van der Waals surface area contributed by atoms with Gasteiger partial charge in [0, 0.05) is 11.9 Å². The fourth-order valence-electron chi connectivity index (χ4n) is 1.36. The van der Waals surface area contributed by atoms with E-state index in [4.69, 9.17) is 0 Å². The van der Waals surface area contributed by atoms with Crippen LogP contribution >= 0.6 is 0 Å². The number of hydrogen-bond donors (Lipinski definition) is 0. The van der Waals surface area contributed by atoms with Crippen LogP contribution in [0.2, 0.25) is 0 Å². The van der Waals surface area contributed by atoms with E-state index in [0.717, 1.165) is 12.3 Å². The van der Waals surface area contributed by atoms with Crippen LogP contribution in [0.25, 0.3) is 0 Å². The first-order chi connectivity index (χ1) is 7.40. The predicted molar refractivity (Wildman–Crippen MR) is 68.3 cm³/mol. The molecule has 1 fully saturated rings. The number of hydrogen-bond acceptors (Lipinski definition) is 1. The van der Waals surface area contributed by atoms with E-state index in [2.05, 4.69) is 24.0 Å². The zero-order valence-corrected chi connectivity index (χ0v) is 10.9. The Hall–Kier alpha value is -0.850. The van der Waals surface area contributed by atoms with Gasteiger partial charge in [0.05, 0.1) is 0 Å². The highest BCUT2D eigenvalue weighted by molar-refractivity contribution is 5.24. The standard InChI is InChI=1S/C10H13N.2C2H6/c1-2-10-7-9(5-6-11-10)8-3-4-8;2*1-2/h5-8H,2-4H2,1H3;2*1-2H3. The lowest BCUT2D eigenvalue weighted by Gasteiger charge is -1.99. The van der Waals surface area contributed by atoms with Crippen molar-refractivity contribution in [2.75, 3.05) is 0 Å². The summed E-state index contributed by atoms with van der Waals surface area (Å²) in [7, 11) is 0. The molecule has 1 aromatic heterocycles. The van der Waals surface area contributed by atoms with Crippen molar-refractivity contribution in [2.45, 2.75) is 59.8 Å². The molecule has 0 radical (unpaired) electrons. The number of aryl methyl sites for hydroxylation is 1. The van der Waals surface area contributed by atoms with E-state index in [1.165, 1.54) is 24.1 Å². The Balaban J connectivity index is 0.000000442. The highest BCUT2D eigenvalue weighted by Crippen LogP contribution is 2.39. The summed E-state index contributed by atoms with van der Waals surface area (Å²) in [5.41, 5.74) is 2.73. The highest BCUT2D eigenvalue weighted by atomic mass is 14.7. The molecule has 0 saturated heterocycles. The van der Waals surface area contributed by atoms with Gasteiger partial charge in [0.1, 0.15) is 0 Å². The summed E-state index contributed by atoms with van der Waals surface area (Å²) >= 11 is 0. The van der Waals surface area contributed by atoms with Gasteiger partial charge in [-0.3, -0.25) is 4.98 Å². The first-order valence-corrected chi connectivity index (χ1v) is 6.35. The van der Waals surface area contributed by atoms with Crippen molar-refractivity contribution in [2.24, 2.45) is 0 Å². The van der Waals surface area contributed by atoms with Gasteiger partial charge in [-0.05, 0) is 42.9 Å². The molecule has 2 rings (SSSR count). The number of pyridine rings is 1. The van der Waals surface area contributed by atoms with E-state index < -0.39 is 0 Å². The maximum atomic E-state index is 4.27. The molecule has 1 aromatic rings. The van der Waals surface area contributed by atoms with Gasteiger partial charge >= 0.3 is 0 Å². The normalized spacial score (nSPS) is 13.1. The van der Waals surface area contributed by atoms with E-state index >= 15 is 0 Å². The molecule has 1 saturated carbocycles. The third-order valence-corrected chi connectivity index (χ3v) is 2.25. The summed E-state index contributed by atoms with van der Waals surface area (Å²) in [6.07, 6.45) is 5.76. The van der Waals surface area contributed by atoms with Crippen LogP contribution < -0.4 is 0 Å². The largest absolute Gasteiger partial charge is 0.261 e. The van der Waals surface area contributed by atoms with Gasteiger partial charge in [-0.25, -0.2) is 0 Å². The van der Waals surface area contributed by atoms with Gasteiger partial charge in [-0.2, -0.15) is 0 Å². The molecule has 86 valence electrons. The van der Waals surface area contributed by atoms with Crippen molar-refractivity contribution in [1.29, 1.82) is 0 Å². The van der Waals surface area contributed by atoms with Crippen LogP contribution in [0.5, 0.6) is 0 Å². The molecule has 0 spiro atoms. The SMILES string of the molecule is CC.CC.CCc1cc(C2CC2)ccn1. The Bertz CT molecular complexity index is 251. The molecular formula is C14H25N. The van der Waals surface area contributed by atoms with E-state index in [1.54, 1.807) is 0 Å². The molecule has 0 aliphatic heterocycles. The van der Waals surface area contributed by atoms with E-state index in [9.17, 15) is 0 Å². The third kappa shape index (κ3) is 4.96. The van der Waals surface area contributed by atoms with Crippen molar-refractivity contribution in [1.82, 2.24) is 4.98 Å². The van der Waals surface area contributed by atoms with Gasteiger partial charge in [0.2, 0.25) is 0 Å². The lowest BCUT2D eigenvalue weighted by atomic mass is 10.1. The molecule has 15 heavy (non-hydrogen) atoms. The number of rotatable bonds is 2. The molecule has 1 aliphatic carbocycles. The van der Waals surface area contributed by atoms with Crippen LogP contribution in [0.4, 0.5) is 0 Å². The van der Waals surface area contributed by atoms with Crippen molar-refractivity contribution in [3.05, 3.63) is 29.6 Å². The second-order valence-corrected chi connectivity index (χ2v) is 3.21. The van der Waals surface area contributed by atoms with Crippen molar-refractivity contribution in [3.63, 3.8) is 0 Å². The first kappa shape index (κ1) is 14.2. The quantitative estimate of drug-likeness (QED) is 0.692. The minimum absolute atomic E-state index is 0.864. The van der Waals surface area contributed by atoms with Gasteiger partial charge in [0.15, 0.2) is 0 Å². The lowest BCUT2D eigenvalue weighted by Crippen LogP contribution is -1.88. The molecule has 0 unspecified atom stereocenters. The summed E-state index contributed by atoms with van der Waals surface area (Å²) in [4.78, 5) is 4.27. The molecule has 1 nitrogen and oxygen atoms in total. The molecule has 1 heteroatoms. The third-order valence-electron chi connectivity index (χ3n) is 2.25. The second-order valence-electron chi connectivity index (χ2n) is 3.21. The minimum Gasteiger partial charge on any atom is -0.261 e. The van der Waals surface area contributed by atoms with Gasteiger partial charge < -0.3 is 0 Å². The Morgan fingerprint density at radius 3 is 2.27 bits per heavy atom. The fourth-order valence-corrected chi connectivity index (χ4v) is 1.36. The monoisotopic (exact) mass is 207 g/mol. The molecule has 0 atom stereocenters. The van der Waals surface area contributed by atoms with Crippen LogP contribution in [0.3, 0.4) is 0 Å². The molecule has 0 N–H and O–H groups in total. The highest BCUT2D eigenvalue weighted by Gasteiger charge is 2.23. The fraction of sp³-hybridized carbons (Fsp3) is 0.643. The van der Waals surface area contributed by atoms with E-state index in [1.807, 2.05) is 33.9 Å². The summed E-state index contributed by atoms with van der Waals surface area (Å²) in [5, 5.41) is 0. The van der Waals surface area contributed by atoms with E-state index in [-0.39, 0.29) is 0 Å². The molecule has 1 aliphatic rings. The zero-order chi connectivity index (χ0) is 11.7. The second kappa shape index (κ2) is 8.46. The Morgan fingerprint density at radius 1 is 1.20 bits per heavy atom. The van der Waals surface area contributed by atoms with Crippen LogP contribution in [0.1, 0.15) is 64.6 Å². The van der Waals surface area contributed by atoms with E-state index in [0.29, 0.717) is 0 Å².